The molecule has 0 fully saturated rings. The third-order valence-corrected chi connectivity index (χ3v) is 2.85. The van der Waals surface area contributed by atoms with E-state index in [0.717, 1.165) is 5.56 Å². The highest BCUT2D eigenvalue weighted by atomic mass is 16.4. The Kier molecular flexibility index (Phi) is 4.28. The fraction of sp³-hybridized carbons (Fsp3) is 0.364. The number of carboxylic acid groups (broad SMARTS) is 1. The van der Waals surface area contributed by atoms with Gasteiger partial charge in [-0.2, -0.15) is 0 Å². The van der Waals surface area contributed by atoms with Crippen molar-refractivity contribution < 1.29 is 19.9 Å². The minimum Gasteiger partial charge on any atom is -0.480 e. The molecule has 0 unspecified atom stereocenters. The predicted molar refractivity (Wildman–Crippen MR) is 64.8 cm³/mol. The molecule has 5 N–H and O–H groups in total. The molecular formula is C11H16BNO4. The van der Waals surface area contributed by atoms with Gasteiger partial charge in [0, 0.05) is 6.42 Å². The van der Waals surface area contributed by atoms with Crippen LogP contribution in [0.5, 0.6) is 0 Å². The molecule has 0 aliphatic heterocycles. The van der Waals surface area contributed by atoms with Gasteiger partial charge in [-0.15, -0.1) is 0 Å². The summed E-state index contributed by atoms with van der Waals surface area (Å²) in [4.78, 5) is 11.0. The Morgan fingerprint density at radius 3 is 2.24 bits per heavy atom. The van der Waals surface area contributed by atoms with Crippen molar-refractivity contribution in [3.8, 4) is 0 Å². The molecule has 1 rings (SSSR count). The van der Waals surface area contributed by atoms with Crippen molar-refractivity contribution in [2.75, 3.05) is 0 Å². The Labute approximate surface area is 100 Å². The van der Waals surface area contributed by atoms with Gasteiger partial charge in [0.05, 0.1) is 0 Å². The average molecular weight is 237 g/mol. The summed E-state index contributed by atoms with van der Waals surface area (Å²) < 4.78 is 0. The second-order valence-corrected chi connectivity index (χ2v) is 4.11. The highest BCUT2D eigenvalue weighted by Crippen LogP contribution is 2.14. The smallest absolute Gasteiger partial charge is 0.480 e. The van der Waals surface area contributed by atoms with Crippen LogP contribution in [-0.2, 0) is 11.2 Å². The SMILES string of the molecule is CC[C@@](N)(Cc1ccc(B(O)O)cc1)C(=O)O. The summed E-state index contributed by atoms with van der Waals surface area (Å²) in [7, 11) is -1.52. The molecule has 92 valence electrons. The van der Waals surface area contributed by atoms with Crippen molar-refractivity contribution in [2.45, 2.75) is 25.3 Å². The van der Waals surface area contributed by atoms with Gasteiger partial charge in [-0.3, -0.25) is 4.79 Å². The summed E-state index contributed by atoms with van der Waals surface area (Å²) in [6.07, 6.45) is 0.535. The molecule has 17 heavy (non-hydrogen) atoms. The summed E-state index contributed by atoms with van der Waals surface area (Å²) in [5, 5.41) is 26.9. The maximum Gasteiger partial charge on any atom is 0.488 e. The number of carbonyl (C=O) groups is 1. The molecule has 1 aromatic carbocycles. The van der Waals surface area contributed by atoms with Crippen LogP contribution in [-0.4, -0.2) is 33.8 Å². The molecule has 0 saturated carbocycles. The second-order valence-electron chi connectivity index (χ2n) is 4.11. The second kappa shape index (κ2) is 5.31. The summed E-state index contributed by atoms with van der Waals surface area (Å²) in [6.45, 7) is 1.72. The van der Waals surface area contributed by atoms with E-state index >= 15 is 0 Å². The Morgan fingerprint density at radius 2 is 1.88 bits per heavy atom. The van der Waals surface area contributed by atoms with E-state index in [-0.39, 0.29) is 6.42 Å². The largest absolute Gasteiger partial charge is 0.488 e. The zero-order chi connectivity index (χ0) is 13.1. The van der Waals surface area contributed by atoms with E-state index in [1.165, 1.54) is 12.1 Å². The molecule has 1 atom stereocenters. The monoisotopic (exact) mass is 237 g/mol. The number of aliphatic carboxylic acids is 1. The number of nitrogens with two attached hydrogens (primary N) is 1. The molecule has 0 amide bonds. The number of rotatable bonds is 5. The van der Waals surface area contributed by atoms with Gasteiger partial charge < -0.3 is 20.9 Å². The molecule has 0 heterocycles. The first-order chi connectivity index (χ1) is 7.89. The van der Waals surface area contributed by atoms with Gasteiger partial charge in [-0.25, -0.2) is 0 Å². The summed E-state index contributed by atoms with van der Waals surface area (Å²) in [6, 6.07) is 6.37. The van der Waals surface area contributed by atoms with Crippen molar-refractivity contribution in [1.82, 2.24) is 0 Å². The zero-order valence-electron chi connectivity index (χ0n) is 9.63. The molecule has 6 heteroatoms. The van der Waals surface area contributed by atoms with E-state index in [4.69, 9.17) is 20.9 Å². The molecule has 1 aromatic rings. The van der Waals surface area contributed by atoms with Gasteiger partial charge in [0.15, 0.2) is 0 Å². The lowest BCUT2D eigenvalue weighted by Gasteiger charge is -2.23. The topological polar surface area (TPSA) is 104 Å². The normalized spacial score (nSPS) is 14.1. The van der Waals surface area contributed by atoms with E-state index in [1.807, 2.05) is 0 Å². The third kappa shape index (κ3) is 3.29. The van der Waals surface area contributed by atoms with Crippen molar-refractivity contribution in [3.63, 3.8) is 0 Å². The molecule has 0 bridgehead atoms. The minimum atomic E-state index is -1.52. The molecule has 5 nitrogen and oxygen atoms in total. The van der Waals surface area contributed by atoms with Gasteiger partial charge >= 0.3 is 13.1 Å². The van der Waals surface area contributed by atoms with Crippen LogP contribution in [0.15, 0.2) is 24.3 Å². The van der Waals surface area contributed by atoms with Crippen LogP contribution in [0.3, 0.4) is 0 Å². The van der Waals surface area contributed by atoms with Crippen LogP contribution in [0, 0.1) is 0 Å². The van der Waals surface area contributed by atoms with E-state index in [0.29, 0.717) is 11.9 Å². The molecule has 0 aliphatic rings. The van der Waals surface area contributed by atoms with E-state index in [2.05, 4.69) is 0 Å². The lowest BCUT2D eigenvalue weighted by Crippen LogP contribution is -2.49. The average Bonchev–Trinajstić information content (AvgIpc) is 2.29. The molecule has 0 aliphatic carbocycles. The number of hydrogen-bond acceptors (Lipinski definition) is 4. The first-order valence-corrected chi connectivity index (χ1v) is 5.36. The van der Waals surface area contributed by atoms with Gasteiger partial charge in [0.1, 0.15) is 5.54 Å². The quantitative estimate of drug-likeness (QED) is 0.497. The van der Waals surface area contributed by atoms with Crippen molar-refractivity contribution in [1.29, 1.82) is 0 Å². The van der Waals surface area contributed by atoms with Crippen LogP contribution in [0.4, 0.5) is 0 Å². The van der Waals surface area contributed by atoms with Gasteiger partial charge in [0.25, 0.3) is 0 Å². The fourth-order valence-electron chi connectivity index (χ4n) is 1.52. The first-order valence-electron chi connectivity index (χ1n) is 5.36. The summed E-state index contributed by atoms with van der Waals surface area (Å²) in [5.74, 6) is -1.04. The zero-order valence-corrected chi connectivity index (χ0v) is 9.63. The maximum atomic E-state index is 11.0. The molecule has 0 saturated heterocycles. The van der Waals surface area contributed by atoms with Crippen LogP contribution in [0.25, 0.3) is 0 Å². The van der Waals surface area contributed by atoms with Crippen molar-refractivity contribution in [3.05, 3.63) is 29.8 Å². The molecule has 0 aromatic heterocycles. The Bertz CT molecular complexity index is 393. The Hall–Kier alpha value is -1.37. The number of hydrogen-bond donors (Lipinski definition) is 4. The maximum absolute atomic E-state index is 11.0. The standard InChI is InChI=1S/C11H16BNO4/c1-2-11(13,10(14)15)7-8-3-5-9(6-4-8)12(16)17/h3-6,16-17H,2,7,13H2,1H3,(H,14,15)/t11-/m1/s1. The summed E-state index contributed by atoms with van der Waals surface area (Å²) in [5.41, 5.74) is 5.61. The summed E-state index contributed by atoms with van der Waals surface area (Å²) >= 11 is 0. The number of carboxylic acids is 1. The highest BCUT2D eigenvalue weighted by molar-refractivity contribution is 6.58. The number of benzene rings is 1. The van der Waals surface area contributed by atoms with Crippen LogP contribution in [0.1, 0.15) is 18.9 Å². The van der Waals surface area contributed by atoms with Crippen LogP contribution < -0.4 is 11.2 Å². The fourth-order valence-corrected chi connectivity index (χ4v) is 1.52. The van der Waals surface area contributed by atoms with Gasteiger partial charge in [-0.1, -0.05) is 31.2 Å². The lowest BCUT2D eigenvalue weighted by molar-refractivity contribution is -0.143. The van der Waals surface area contributed by atoms with E-state index in [1.54, 1.807) is 19.1 Å². The van der Waals surface area contributed by atoms with Crippen molar-refractivity contribution >= 4 is 18.6 Å². The molecule has 0 radical (unpaired) electrons. The Morgan fingerprint density at radius 1 is 1.35 bits per heavy atom. The van der Waals surface area contributed by atoms with Crippen LogP contribution >= 0.6 is 0 Å². The highest BCUT2D eigenvalue weighted by Gasteiger charge is 2.31. The van der Waals surface area contributed by atoms with Crippen molar-refractivity contribution in [2.24, 2.45) is 5.73 Å². The lowest BCUT2D eigenvalue weighted by atomic mass is 9.79. The Balaban J connectivity index is 2.85. The molecule has 0 spiro atoms. The predicted octanol–water partition coefficient (Wildman–Crippen LogP) is -0.899. The first kappa shape index (κ1) is 13.7. The van der Waals surface area contributed by atoms with Gasteiger partial charge in [0.2, 0.25) is 0 Å². The van der Waals surface area contributed by atoms with E-state index < -0.39 is 18.6 Å². The molecular weight excluding hydrogens is 221 g/mol. The van der Waals surface area contributed by atoms with E-state index in [9.17, 15) is 4.79 Å². The minimum absolute atomic E-state index is 0.209. The van der Waals surface area contributed by atoms with Gasteiger partial charge in [-0.05, 0) is 17.4 Å². The van der Waals surface area contributed by atoms with Crippen LogP contribution in [0.2, 0.25) is 0 Å². The third-order valence-electron chi connectivity index (χ3n) is 2.85.